The molecule has 0 fully saturated rings. The summed E-state index contributed by atoms with van der Waals surface area (Å²) in [5, 5.41) is 2.57. The lowest BCUT2D eigenvalue weighted by atomic mass is 10.3. The van der Waals surface area contributed by atoms with Crippen molar-refractivity contribution in [1.29, 1.82) is 0 Å². The van der Waals surface area contributed by atoms with Crippen LogP contribution in [0.3, 0.4) is 0 Å². The predicted molar refractivity (Wildman–Crippen MR) is 80.5 cm³/mol. The molecule has 22 heavy (non-hydrogen) atoms. The van der Waals surface area contributed by atoms with Crippen LogP contribution in [0.5, 0.6) is 5.75 Å². The molecular weight excluding hydrogens is 308 g/mol. The largest absolute Gasteiger partial charge is 0.495 e. The number of rotatable bonds is 5. The molecule has 0 unspecified atom stereocenters. The van der Waals surface area contributed by atoms with E-state index in [9.17, 15) is 13.2 Å². The average molecular weight is 324 g/mol. The van der Waals surface area contributed by atoms with Crippen LogP contribution in [0.2, 0.25) is 0 Å². The highest BCUT2D eigenvalue weighted by atomic mass is 32.2. The maximum atomic E-state index is 12.2. The maximum absolute atomic E-state index is 12.2. The first-order chi connectivity index (χ1) is 10.4. The van der Waals surface area contributed by atoms with Gasteiger partial charge in [-0.3, -0.25) is 4.79 Å². The summed E-state index contributed by atoms with van der Waals surface area (Å²) < 4.78 is 35.5. The summed E-state index contributed by atoms with van der Waals surface area (Å²) >= 11 is 0. The molecule has 0 aliphatic carbocycles. The molecule has 7 nitrogen and oxygen atoms in total. The molecule has 0 atom stereocenters. The summed E-state index contributed by atoms with van der Waals surface area (Å²) in [4.78, 5) is 12.1. The second-order valence-electron chi connectivity index (χ2n) is 4.58. The Hall–Kier alpha value is -2.32. The molecular formula is C14H16N2O5S. The molecule has 2 aromatic rings. The lowest BCUT2D eigenvalue weighted by Crippen LogP contribution is -2.22. The van der Waals surface area contributed by atoms with E-state index in [0.29, 0.717) is 5.75 Å². The van der Waals surface area contributed by atoms with Crippen LogP contribution in [0.4, 0.5) is 5.69 Å². The zero-order chi connectivity index (χ0) is 16.3. The second-order valence-corrected chi connectivity index (χ2v) is 6.73. The maximum Gasteiger partial charge on any atom is 0.291 e. The van der Waals surface area contributed by atoms with Gasteiger partial charge in [0.1, 0.15) is 5.75 Å². The Morgan fingerprint density at radius 2 is 2.00 bits per heavy atom. The first-order valence-corrected chi connectivity index (χ1v) is 7.75. The molecule has 0 bridgehead atoms. The first-order valence-electron chi connectivity index (χ1n) is 6.31. The van der Waals surface area contributed by atoms with Crippen molar-refractivity contribution in [2.24, 2.45) is 0 Å². The van der Waals surface area contributed by atoms with Crippen molar-refractivity contribution in [2.45, 2.75) is 4.90 Å². The lowest BCUT2D eigenvalue weighted by molar-refractivity contribution is 0.0996. The molecule has 0 aliphatic rings. The molecule has 1 aromatic heterocycles. The van der Waals surface area contributed by atoms with Crippen molar-refractivity contribution in [3.05, 3.63) is 42.4 Å². The second kappa shape index (κ2) is 6.20. The van der Waals surface area contributed by atoms with E-state index < -0.39 is 15.9 Å². The lowest BCUT2D eigenvalue weighted by Gasteiger charge is -2.14. The van der Waals surface area contributed by atoms with Gasteiger partial charge in [-0.1, -0.05) is 0 Å². The van der Waals surface area contributed by atoms with Crippen LogP contribution >= 0.6 is 0 Å². The summed E-state index contributed by atoms with van der Waals surface area (Å²) in [5.74, 6) is -0.0387. The van der Waals surface area contributed by atoms with E-state index in [2.05, 4.69) is 5.32 Å². The van der Waals surface area contributed by atoms with E-state index in [-0.39, 0.29) is 16.3 Å². The van der Waals surface area contributed by atoms with E-state index in [0.717, 1.165) is 4.31 Å². The van der Waals surface area contributed by atoms with E-state index in [1.165, 1.54) is 51.7 Å². The standard InChI is InChI=1S/C14H16N2O5S/c1-16(2)22(18,19)10-6-7-12(20-3)11(9-10)15-14(17)13-5-4-8-21-13/h4-9H,1-3H3,(H,15,17). The van der Waals surface area contributed by atoms with E-state index in [1.54, 1.807) is 6.07 Å². The van der Waals surface area contributed by atoms with Gasteiger partial charge in [-0.05, 0) is 30.3 Å². The van der Waals surface area contributed by atoms with Gasteiger partial charge < -0.3 is 14.5 Å². The molecule has 1 amide bonds. The predicted octanol–water partition coefficient (Wildman–Crippen LogP) is 1.79. The zero-order valence-corrected chi connectivity index (χ0v) is 13.2. The van der Waals surface area contributed by atoms with Crippen LogP contribution in [0.25, 0.3) is 0 Å². The fraction of sp³-hybridized carbons (Fsp3) is 0.214. The summed E-state index contributed by atoms with van der Waals surface area (Å²) in [6, 6.07) is 7.32. The third kappa shape index (κ3) is 3.12. The first kappa shape index (κ1) is 16.1. The van der Waals surface area contributed by atoms with Gasteiger partial charge in [-0.15, -0.1) is 0 Å². The minimum absolute atomic E-state index is 0.0491. The van der Waals surface area contributed by atoms with Crippen molar-refractivity contribution < 1.29 is 22.4 Å². The fourth-order valence-electron chi connectivity index (χ4n) is 1.75. The van der Waals surface area contributed by atoms with Gasteiger partial charge in [0, 0.05) is 14.1 Å². The number of hydrogen-bond donors (Lipinski definition) is 1. The summed E-state index contributed by atoms with van der Waals surface area (Å²) in [5.41, 5.74) is 0.242. The summed E-state index contributed by atoms with van der Waals surface area (Å²) in [6.45, 7) is 0. The van der Waals surface area contributed by atoms with Gasteiger partial charge in [0.05, 0.1) is 24.0 Å². The van der Waals surface area contributed by atoms with E-state index in [4.69, 9.17) is 9.15 Å². The highest BCUT2D eigenvalue weighted by Crippen LogP contribution is 2.28. The summed E-state index contributed by atoms with van der Waals surface area (Å²) in [7, 11) is 0.680. The quantitative estimate of drug-likeness (QED) is 0.906. The van der Waals surface area contributed by atoms with E-state index in [1.807, 2.05) is 0 Å². The smallest absolute Gasteiger partial charge is 0.291 e. The molecule has 1 aromatic carbocycles. The van der Waals surface area contributed by atoms with Crippen molar-refractivity contribution in [3.8, 4) is 5.75 Å². The number of ether oxygens (including phenoxy) is 1. The highest BCUT2D eigenvalue weighted by molar-refractivity contribution is 7.89. The van der Waals surface area contributed by atoms with Crippen LogP contribution in [0, 0.1) is 0 Å². The molecule has 0 spiro atoms. The molecule has 1 heterocycles. The average Bonchev–Trinajstić information content (AvgIpc) is 3.01. The number of methoxy groups -OCH3 is 1. The highest BCUT2D eigenvalue weighted by Gasteiger charge is 2.20. The zero-order valence-electron chi connectivity index (χ0n) is 12.4. The third-order valence-corrected chi connectivity index (χ3v) is 4.75. The Kier molecular flexibility index (Phi) is 4.53. The number of amides is 1. The van der Waals surface area contributed by atoms with Crippen molar-refractivity contribution in [3.63, 3.8) is 0 Å². The molecule has 2 rings (SSSR count). The molecule has 0 saturated carbocycles. The monoisotopic (exact) mass is 324 g/mol. The van der Waals surface area contributed by atoms with Crippen LogP contribution in [-0.4, -0.2) is 39.8 Å². The van der Waals surface area contributed by atoms with Crippen LogP contribution < -0.4 is 10.1 Å². The van der Waals surface area contributed by atoms with Crippen molar-refractivity contribution in [1.82, 2.24) is 4.31 Å². The van der Waals surface area contributed by atoms with Gasteiger partial charge in [-0.2, -0.15) is 0 Å². The molecule has 8 heteroatoms. The topological polar surface area (TPSA) is 88.9 Å². The number of hydrogen-bond acceptors (Lipinski definition) is 5. The SMILES string of the molecule is COc1ccc(S(=O)(=O)N(C)C)cc1NC(=O)c1ccco1. The normalized spacial score (nSPS) is 11.5. The van der Waals surface area contributed by atoms with Crippen molar-refractivity contribution >= 4 is 21.6 Å². The van der Waals surface area contributed by atoms with Crippen LogP contribution in [0.15, 0.2) is 45.9 Å². The number of furan rings is 1. The molecule has 118 valence electrons. The Morgan fingerprint density at radius 3 is 2.55 bits per heavy atom. The molecule has 1 N–H and O–H groups in total. The van der Waals surface area contributed by atoms with Crippen LogP contribution in [-0.2, 0) is 10.0 Å². The fourth-order valence-corrected chi connectivity index (χ4v) is 2.68. The third-order valence-electron chi connectivity index (χ3n) is 2.94. The number of carbonyl (C=O) groups excluding carboxylic acids is 1. The summed E-state index contributed by atoms with van der Waals surface area (Å²) in [6.07, 6.45) is 1.37. The minimum atomic E-state index is -3.61. The Morgan fingerprint density at radius 1 is 1.27 bits per heavy atom. The molecule has 0 aliphatic heterocycles. The number of benzene rings is 1. The van der Waals surface area contributed by atoms with E-state index >= 15 is 0 Å². The van der Waals surface area contributed by atoms with Gasteiger partial charge in [0.2, 0.25) is 10.0 Å². The molecule has 0 saturated heterocycles. The van der Waals surface area contributed by atoms with Gasteiger partial charge >= 0.3 is 0 Å². The number of carbonyl (C=O) groups is 1. The Labute approximate surface area is 128 Å². The number of nitrogens with one attached hydrogen (secondary N) is 1. The van der Waals surface area contributed by atoms with Gasteiger partial charge in [0.15, 0.2) is 5.76 Å². The minimum Gasteiger partial charge on any atom is -0.495 e. The Bertz CT molecular complexity index is 767. The molecule has 0 radical (unpaired) electrons. The van der Waals surface area contributed by atoms with Gasteiger partial charge in [0.25, 0.3) is 5.91 Å². The number of nitrogens with zero attached hydrogens (tertiary/aromatic N) is 1. The van der Waals surface area contributed by atoms with Crippen molar-refractivity contribution in [2.75, 3.05) is 26.5 Å². The van der Waals surface area contributed by atoms with Gasteiger partial charge in [-0.25, -0.2) is 12.7 Å². The Balaban J connectivity index is 2.39. The number of anilines is 1. The van der Waals surface area contributed by atoms with Crippen LogP contribution in [0.1, 0.15) is 10.6 Å². The number of sulfonamides is 1.